The second-order valence-electron chi connectivity index (χ2n) is 7.18. The number of hydrogen-bond donors (Lipinski definition) is 2. The average molecular weight is 561 g/mol. The van der Waals surface area contributed by atoms with Crippen molar-refractivity contribution in [1.82, 2.24) is 20.0 Å². The highest BCUT2D eigenvalue weighted by molar-refractivity contribution is 14.0. The van der Waals surface area contributed by atoms with Gasteiger partial charge in [-0.25, -0.2) is 4.98 Å². The molecule has 0 spiro atoms. The summed E-state index contributed by atoms with van der Waals surface area (Å²) < 4.78 is 43.1. The molecule has 0 aliphatic heterocycles. The number of ether oxygens (including phenoxy) is 1. The van der Waals surface area contributed by atoms with E-state index in [4.69, 9.17) is 0 Å². The van der Waals surface area contributed by atoms with Crippen LogP contribution < -0.4 is 10.6 Å². The monoisotopic (exact) mass is 561 g/mol. The van der Waals surface area contributed by atoms with E-state index in [-0.39, 0.29) is 30.6 Å². The fourth-order valence-electron chi connectivity index (χ4n) is 3.08. The Morgan fingerprint density at radius 3 is 2.50 bits per heavy atom. The zero-order valence-electron chi connectivity index (χ0n) is 17.9. The lowest BCUT2D eigenvalue weighted by atomic mass is 10.1. The van der Waals surface area contributed by atoms with Gasteiger partial charge in [0.2, 0.25) is 0 Å². The normalized spacial score (nSPS) is 12.0. The van der Waals surface area contributed by atoms with Crippen LogP contribution in [0.2, 0.25) is 0 Å². The van der Waals surface area contributed by atoms with Gasteiger partial charge in [0.1, 0.15) is 12.3 Å². The molecule has 10 heteroatoms. The molecule has 2 heterocycles. The molecule has 0 unspecified atom stereocenters. The maximum atomic E-state index is 12.1. The van der Waals surface area contributed by atoms with E-state index in [1.165, 1.54) is 0 Å². The highest BCUT2D eigenvalue weighted by Crippen LogP contribution is 2.16. The van der Waals surface area contributed by atoms with Gasteiger partial charge in [-0.15, -0.1) is 24.0 Å². The second kappa shape index (κ2) is 12.0. The molecule has 1 aromatic carbocycles. The second-order valence-corrected chi connectivity index (χ2v) is 7.18. The molecule has 3 rings (SSSR count). The minimum Gasteiger partial charge on any atom is -0.367 e. The number of benzene rings is 1. The zero-order chi connectivity index (χ0) is 22.3. The number of aromatic nitrogens is 2. The summed E-state index contributed by atoms with van der Waals surface area (Å²) in [6.07, 6.45) is 0.464. The molecule has 0 aliphatic carbocycles. The molecule has 0 fully saturated rings. The first-order valence-corrected chi connectivity index (χ1v) is 9.94. The maximum absolute atomic E-state index is 12.1. The van der Waals surface area contributed by atoms with E-state index in [1.807, 2.05) is 48.0 Å². The molecule has 2 N–H and O–H groups in total. The third kappa shape index (κ3) is 7.97. The van der Waals surface area contributed by atoms with Crippen LogP contribution in [0.25, 0.3) is 5.65 Å². The molecule has 0 radical (unpaired) electrons. The summed E-state index contributed by atoms with van der Waals surface area (Å²) in [7, 11) is 1.70. The van der Waals surface area contributed by atoms with Gasteiger partial charge in [0.15, 0.2) is 5.96 Å². The van der Waals surface area contributed by atoms with Crippen LogP contribution in [-0.4, -0.2) is 41.7 Å². The lowest BCUT2D eigenvalue weighted by molar-refractivity contribution is -0.176. The fourth-order valence-corrected chi connectivity index (χ4v) is 3.08. The maximum Gasteiger partial charge on any atom is 0.411 e. The summed E-state index contributed by atoms with van der Waals surface area (Å²) in [5, 5.41) is 6.49. The van der Waals surface area contributed by atoms with E-state index in [9.17, 15) is 13.2 Å². The van der Waals surface area contributed by atoms with Gasteiger partial charge in [0.05, 0.1) is 12.3 Å². The molecular formula is C22H27F3IN5O. The van der Waals surface area contributed by atoms with Gasteiger partial charge in [0, 0.05) is 39.0 Å². The van der Waals surface area contributed by atoms with E-state index in [2.05, 4.69) is 25.3 Å². The van der Waals surface area contributed by atoms with Crippen molar-refractivity contribution in [1.29, 1.82) is 0 Å². The van der Waals surface area contributed by atoms with E-state index in [0.717, 1.165) is 28.9 Å². The molecular weight excluding hydrogens is 534 g/mol. The summed E-state index contributed by atoms with van der Waals surface area (Å²) in [6.45, 7) is 1.94. The van der Waals surface area contributed by atoms with Crippen molar-refractivity contribution < 1.29 is 17.9 Å². The number of hydrogen-bond acceptors (Lipinski definition) is 3. The fraction of sp³-hybridized carbons (Fsp3) is 0.364. The minimum atomic E-state index is -4.31. The average Bonchev–Trinajstić information content (AvgIpc) is 3.15. The Kier molecular flexibility index (Phi) is 9.76. The summed E-state index contributed by atoms with van der Waals surface area (Å²) in [4.78, 5) is 8.88. The molecule has 0 bridgehead atoms. The molecule has 6 nitrogen and oxygen atoms in total. The smallest absolute Gasteiger partial charge is 0.367 e. The lowest BCUT2D eigenvalue weighted by Crippen LogP contribution is -2.37. The highest BCUT2D eigenvalue weighted by Gasteiger charge is 2.27. The van der Waals surface area contributed by atoms with E-state index >= 15 is 0 Å². The third-order valence-electron chi connectivity index (χ3n) is 4.64. The Morgan fingerprint density at radius 1 is 1.12 bits per heavy atom. The van der Waals surface area contributed by atoms with E-state index < -0.39 is 12.8 Å². The van der Waals surface area contributed by atoms with Crippen molar-refractivity contribution in [2.24, 2.45) is 4.99 Å². The number of rotatable bonds is 8. The van der Waals surface area contributed by atoms with Gasteiger partial charge in [-0.1, -0.05) is 30.3 Å². The molecule has 0 amide bonds. The molecule has 0 atom stereocenters. The van der Waals surface area contributed by atoms with Crippen molar-refractivity contribution in [2.45, 2.75) is 32.7 Å². The van der Waals surface area contributed by atoms with E-state index in [1.54, 1.807) is 19.2 Å². The van der Waals surface area contributed by atoms with Gasteiger partial charge in [-0.05, 0) is 29.7 Å². The van der Waals surface area contributed by atoms with Crippen LogP contribution in [0.1, 0.15) is 22.4 Å². The number of fused-ring (bicyclic) bond motifs is 1. The standard InChI is InChI=1S/C22H26F3N5O.HI/c1-16-4-3-11-30-13-19(29-20(16)30)9-10-27-21(26-2)28-12-17-5-7-18(8-6-17)14-31-15-22(23,24)25;/h3-8,11,13H,9-10,12,14-15H2,1-2H3,(H2,26,27,28);1H. The first-order chi connectivity index (χ1) is 14.8. The molecule has 174 valence electrons. The van der Waals surface area contributed by atoms with Crippen LogP contribution in [0, 0.1) is 6.92 Å². The number of imidazole rings is 1. The van der Waals surface area contributed by atoms with Crippen LogP contribution in [0.5, 0.6) is 0 Å². The summed E-state index contributed by atoms with van der Waals surface area (Å²) in [6, 6.07) is 11.3. The zero-order valence-corrected chi connectivity index (χ0v) is 20.3. The van der Waals surface area contributed by atoms with Crippen molar-refractivity contribution in [3.63, 3.8) is 0 Å². The van der Waals surface area contributed by atoms with Crippen LogP contribution in [0.3, 0.4) is 0 Å². The number of nitrogens with one attached hydrogen (secondary N) is 2. The Labute approximate surface area is 202 Å². The number of guanidine groups is 1. The predicted molar refractivity (Wildman–Crippen MR) is 129 cm³/mol. The molecule has 32 heavy (non-hydrogen) atoms. The van der Waals surface area contributed by atoms with Crippen molar-refractivity contribution in [2.75, 3.05) is 20.2 Å². The highest BCUT2D eigenvalue weighted by atomic mass is 127. The number of pyridine rings is 1. The van der Waals surface area contributed by atoms with Crippen LogP contribution in [0.4, 0.5) is 13.2 Å². The third-order valence-corrected chi connectivity index (χ3v) is 4.64. The van der Waals surface area contributed by atoms with Crippen LogP contribution >= 0.6 is 24.0 Å². The van der Waals surface area contributed by atoms with Crippen LogP contribution in [0.15, 0.2) is 53.8 Å². The Balaban J connectivity index is 0.00000363. The van der Waals surface area contributed by atoms with Crippen molar-refractivity contribution >= 4 is 35.6 Å². The Morgan fingerprint density at radius 2 is 1.84 bits per heavy atom. The molecule has 3 aromatic rings. The van der Waals surface area contributed by atoms with Crippen LogP contribution in [-0.2, 0) is 24.3 Å². The number of aliphatic imine (C=N–C) groups is 1. The summed E-state index contributed by atoms with van der Waals surface area (Å²) in [5.74, 6) is 0.664. The quantitative estimate of drug-likeness (QED) is 0.246. The largest absolute Gasteiger partial charge is 0.411 e. The van der Waals surface area contributed by atoms with E-state index in [0.29, 0.717) is 24.6 Å². The summed E-state index contributed by atoms with van der Waals surface area (Å²) >= 11 is 0. The molecule has 0 saturated heterocycles. The summed E-state index contributed by atoms with van der Waals surface area (Å²) in [5.41, 5.74) is 4.78. The number of halogens is 4. The van der Waals surface area contributed by atoms with Crippen molar-refractivity contribution in [3.8, 4) is 0 Å². The van der Waals surface area contributed by atoms with Gasteiger partial charge < -0.3 is 19.8 Å². The Hall–Kier alpha value is -2.34. The topological polar surface area (TPSA) is 63.0 Å². The first-order valence-electron chi connectivity index (χ1n) is 9.94. The molecule has 2 aromatic heterocycles. The van der Waals surface area contributed by atoms with Gasteiger partial charge in [-0.3, -0.25) is 4.99 Å². The number of alkyl halides is 3. The minimum absolute atomic E-state index is 0. The lowest BCUT2D eigenvalue weighted by Gasteiger charge is -2.12. The first kappa shape index (κ1) is 25.9. The van der Waals surface area contributed by atoms with Gasteiger partial charge in [-0.2, -0.15) is 13.2 Å². The number of nitrogens with zero attached hydrogens (tertiary/aromatic N) is 3. The molecule has 0 aliphatic rings. The van der Waals surface area contributed by atoms with Gasteiger partial charge >= 0.3 is 6.18 Å². The Bertz CT molecular complexity index is 1020. The molecule has 0 saturated carbocycles. The SMILES string of the molecule is CN=C(NCCc1cn2cccc(C)c2n1)NCc1ccc(COCC(F)(F)F)cc1.I. The number of aryl methyl sites for hydroxylation is 1. The van der Waals surface area contributed by atoms with Gasteiger partial charge in [0.25, 0.3) is 0 Å². The van der Waals surface area contributed by atoms with Crippen molar-refractivity contribution in [3.05, 3.63) is 71.2 Å². The predicted octanol–water partition coefficient (Wildman–Crippen LogP) is 4.25.